The summed E-state index contributed by atoms with van der Waals surface area (Å²) in [5.41, 5.74) is 7.58. The van der Waals surface area contributed by atoms with Crippen LogP contribution in [0, 0.1) is 6.92 Å². The van der Waals surface area contributed by atoms with E-state index in [4.69, 9.17) is 10.8 Å². The third kappa shape index (κ3) is 3.25. The molecule has 0 spiro atoms. The maximum atomic E-state index is 10.6. The number of carboxylic acids is 1. The van der Waals surface area contributed by atoms with Gasteiger partial charge in [-0.25, -0.2) is 0 Å². The van der Waals surface area contributed by atoms with Crippen LogP contribution in [0.4, 0.5) is 0 Å². The van der Waals surface area contributed by atoms with Crippen molar-refractivity contribution in [2.75, 3.05) is 6.26 Å². The van der Waals surface area contributed by atoms with Gasteiger partial charge in [-0.2, -0.15) is 0 Å². The van der Waals surface area contributed by atoms with Crippen LogP contribution in [-0.2, 0) is 11.2 Å². The minimum atomic E-state index is -0.955. The molecule has 3 N–H and O–H groups in total. The average Bonchev–Trinajstić information content (AvgIpc) is 2.20. The zero-order valence-electron chi connectivity index (χ0n) is 8.86. The van der Waals surface area contributed by atoms with Crippen molar-refractivity contribution in [3.63, 3.8) is 0 Å². The molecule has 1 unspecified atom stereocenters. The number of aliphatic carboxylic acids is 1. The molecule has 4 heteroatoms. The number of carboxylic acid groups (broad SMARTS) is 1. The molecule has 0 aliphatic carbocycles. The van der Waals surface area contributed by atoms with Crippen LogP contribution < -0.4 is 5.73 Å². The number of hydrogen-bond donors (Lipinski definition) is 2. The topological polar surface area (TPSA) is 63.3 Å². The van der Waals surface area contributed by atoms with Crippen molar-refractivity contribution in [1.82, 2.24) is 0 Å². The predicted octanol–water partition coefficient (Wildman–Crippen LogP) is 1.67. The van der Waals surface area contributed by atoms with Crippen LogP contribution in [0.5, 0.6) is 0 Å². The van der Waals surface area contributed by atoms with Crippen molar-refractivity contribution in [2.45, 2.75) is 24.3 Å². The summed E-state index contributed by atoms with van der Waals surface area (Å²) in [5.74, 6) is -0.955. The van der Waals surface area contributed by atoms with E-state index in [0.717, 1.165) is 11.1 Å². The molecule has 0 saturated carbocycles. The molecular weight excluding hydrogens is 210 g/mol. The molecule has 1 aromatic carbocycles. The number of rotatable bonds is 4. The van der Waals surface area contributed by atoms with Gasteiger partial charge in [0.1, 0.15) is 6.04 Å². The Kier molecular flexibility index (Phi) is 4.17. The number of hydrogen-bond acceptors (Lipinski definition) is 3. The van der Waals surface area contributed by atoms with Crippen molar-refractivity contribution in [3.8, 4) is 0 Å². The lowest BCUT2D eigenvalue weighted by atomic mass is 10.0. The number of thioether (sulfide) groups is 1. The maximum absolute atomic E-state index is 10.6. The third-order valence-electron chi connectivity index (χ3n) is 2.31. The fourth-order valence-electron chi connectivity index (χ4n) is 1.35. The summed E-state index contributed by atoms with van der Waals surface area (Å²) in [5, 5.41) is 8.71. The second kappa shape index (κ2) is 5.19. The molecule has 0 bridgehead atoms. The molecular formula is C11H15NO2S. The monoisotopic (exact) mass is 225 g/mol. The molecule has 82 valence electrons. The SMILES string of the molecule is CSc1ccc(CC(N)C(=O)O)c(C)c1. The van der Waals surface area contributed by atoms with Gasteiger partial charge in [-0.05, 0) is 42.9 Å². The minimum absolute atomic E-state index is 0.385. The first-order valence-corrected chi connectivity index (χ1v) is 5.89. The van der Waals surface area contributed by atoms with Crippen molar-refractivity contribution in [3.05, 3.63) is 29.3 Å². The highest BCUT2D eigenvalue weighted by atomic mass is 32.2. The van der Waals surface area contributed by atoms with Crippen LogP contribution in [0.1, 0.15) is 11.1 Å². The van der Waals surface area contributed by atoms with Crippen LogP contribution in [0.25, 0.3) is 0 Å². The van der Waals surface area contributed by atoms with E-state index in [1.807, 2.05) is 25.3 Å². The molecule has 0 amide bonds. The lowest BCUT2D eigenvalue weighted by Gasteiger charge is -2.10. The molecule has 0 aromatic heterocycles. The Hall–Kier alpha value is -1.00. The quantitative estimate of drug-likeness (QED) is 0.765. The number of carbonyl (C=O) groups is 1. The van der Waals surface area contributed by atoms with Gasteiger partial charge in [0.25, 0.3) is 0 Å². The van der Waals surface area contributed by atoms with Crippen molar-refractivity contribution in [2.24, 2.45) is 5.73 Å². The normalized spacial score (nSPS) is 12.5. The zero-order chi connectivity index (χ0) is 11.4. The fraction of sp³-hybridized carbons (Fsp3) is 0.364. The molecule has 15 heavy (non-hydrogen) atoms. The van der Waals surface area contributed by atoms with Gasteiger partial charge >= 0.3 is 5.97 Å². The number of nitrogens with two attached hydrogens (primary N) is 1. The summed E-state index contributed by atoms with van der Waals surface area (Å²) in [6.45, 7) is 1.98. The molecule has 0 fully saturated rings. The Morgan fingerprint density at radius 1 is 1.60 bits per heavy atom. The summed E-state index contributed by atoms with van der Waals surface area (Å²) in [6.07, 6.45) is 2.40. The lowest BCUT2D eigenvalue weighted by molar-refractivity contribution is -0.138. The van der Waals surface area contributed by atoms with Crippen LogP contribution in [0.3, 0.4) is 0 Å². The van der Waals surface area contributed by atoms with Gasteiger partial charge in [0.2, 0.25) is 0 Å². The molecule has 0 saturated heterocycles. The van der Waals surface area contributed by atoms with Crippen LogP contribution in [0.15, 0.2) is 23.1 Å². The van der Waals surface area contributed by atoms with Gasteiger partial charge in [-0.1, -0.05) is 6.07 Å². The van der Waals surface area contributed by atoms with Crippen molar-refractivity contribution >= 4 is 17.7 Å². The van der Waals surface area contributed by atoms with Crippen LogP contribution in [0.2, 0.25) is 0 Å². The summed E-state index contributed by atoms with van der Waals surface area (Å²) < 4.78 is 0. The van der Waals surface area contributed by atoms with Gasteiger partial charge in [0, 0.05) is 4.90 Å². The molecule has 0 radical (unpaired) electrons. The van der Waals surface area contributed by atoms with Crippen molar-refractivity contribution < 1.29 is 9.90 Å². The van der Waals surface area contributed by atoms with E-state index >= 15 is 0 Å². The summed E-state index contributed by atoms with van der Waals surface area (Å²) >= 11 is 1.67. The maximum Gasteiger partial charge on any atom is 0.320 e. The minimum Gasteiger partial charge on any atom is -0.480 e. The summed E-state index contributed by atoms with van der Waals surface area (Å²) in [7, 11) is 0. The molecule has 1 rings (SSSR count). The van der Waals surface area contributed by atoms with E-state index in [9.17, 15) is 4.79 Å². The second-order valence-corrected chi connectivity index (χ2v) is 4.32. The molecule has 1 aromatic rings. The first kappa shape index (κ1) is 12.1. The van der Waals surface area contributed by atoms with Gasteiger partial charge < -0.3 is 10.8 Å². The highest BCUT2D eigenvalue weighted by Crippen LogP contribution is 2.19. The first-order valence-electron chi connectivity index (χ1n) is 4.66. The standard InChI is InChI=1S/C11H15NO2S/c1-7-5-9(15-2)4-3-8(7)6-10(12)11(13)14/h3-5,10H,6,12H2,1-2H3,(H,13,14). The highest BCUT2D eigenvalue weighted by Gasteiger charge is 2.13. The van der Waals surface area contributed by atoms with Gasteiger partial charge in [-0.15, -0.1) is 11.8 Å². The smallest absolute Gasteiger partial charge is 0.320 e. The van der Waals surface area contributed by atoms with Crippen LogP contribution in [-0.4, -0.2) is 23.4 Å². The Morgan fingerprint density at radius 2 is 2.27 bits per heavy atom. The van der Waals surface area contributed by atoms with Crippen LogP contribution >= 0.6 is 11.8 Å². The highest BCUT2D eigenvalue weighted by molar-refractivity contribution is 7.98. The molecule has 1 atom stereocenters. The van der Waals surface area contributed by atoms with Crippen molar-refractivity contribution in [1.29, 1.82) is 0 Å². The predicted molar refractivity (Wildman–Crippen MR) is 62.3 cm³/mol. The Morgan fingerprint density at radius 3 is 2.73 bits per heavy atom. The van der Waals surface area contributed by atoms with E-state index < -0.39 is 12.0 Å². The van der Waals surface area contributed by atoms with E-state index in [1.165, 1.54) is 4.90 Å². The molecule has 0 aliphatic heterocycles. The Labute approximate surface area is 93.7 Å². The number of benzene rings is 1. The molecule has 0 heterocycles. The lowest BCUT2D eigenvalue weighted by Crippen LogP contribution is -2.32. The molecule has 3 nitrogen and oxygen atoms in total. The number of aryl methyl sites for hydroxylation is 1. The second-order valence-electron chi connectivity index (χ2n) is 3.44. The van der Waals surface area contributed by atoms with Gasteiger partial charge in [0.05, 0.1) is 0 Å². The Balaban J connectivity index is 2.82. The van der Waals surface area contributed by atoms with E-state index in [2.05, 4.69) is 6.07 Å². The molecule has 0 aliphatic rings. The van der Waals surface area contributed by atoms with Gasteiger partial charge in [0.15, 0.2) is 0 Å². The summed E-state index contributed by atoms with van der Waals surface area (Å²) in [4.78, 5) is 11.8. The van der Waals surface area contributed by atoms with Gasteiger partial charge in [-0.3, -0.25) is 4.79 Å². The first-order chi connectivity index (χ1) is 7.04. The average molecular weight is 225 g/mol. The largest absolute Gasteiger partial charge is 0.480 e. The van der Waals surface area contributed by atoms with E-state index in [1.54, 1.807) is 11.8 Å². The van der Waals surface area contributed by atoms with E-state index in [0.29, 0.717) is 6.42 Å². The van der Waals surface area contributed by atoms with E-state index in [-0.39, 0.29) is 0 Å². The Bertz CT molecular complexity index is 366. The summed E-state index contributed by atoms with van der Waals surface area (Å²) in [6, 6.07) is 5.17. The fourth-order valence-corrected chi connectivity index (χ4v) is 1.85. The third-order valence-corrected chi connectivity index (χ3v) is 3.03. The zero-order valence-corrected chi connectivity index (χ0v) is 9.67.